The Morgan fingerprint density at radius 1 is 1.00 bits per heavy atom. The molecule has 2 aromatic rings. The van der Waals surface area contributed by atoms with Gasteiger partial charge >= 0.3 is 0 Å². The molecular formula is C14H17O2P. The van der Waals surface area contributed by atoms with Gasteiger partial charge in [-0.25, -0.2) is 0 Å². The van der Waals surface area contributed by atoms with Crippen LogP contribution in [0.4, 0.5) is 0 Å². The van der Waals surface area contributed by atoms with Crippen LogP contribution in [0, 0.1) is 0 Å². The average molecular weight is 248 g/mol. The summed E-state index contributed by atoms with van der Waals surface area (Å²) >= 11 is 0. The lowest BCUT2D eigenvalue weighted by molar-refractivity contribution is 0.486. The van der Waals surface area contributed by atoms with Gasteiger partial charge in [-0.1, -0.05) is 50.2 Å². The van der Waals surface area contributed by atoms with Crippen LogP contribution in [0.2, 0.25) is 0 Å². The van der Waals surface area contributed by atoms with Crippen molar-refractivity contribution in [3.8, 4) is 5.75 Å². The molecule has 3 heteroatoms. The van der Waals surface area contributed by atoms with Gasteiger partial charge in [-0.2, -0.15) is 0 Å². The summed E-state index contributed by atoms with van der Waals surface area (Å²) in [5, 5.41) is 2.14. The van der Waals surface area contributed by atoms with Gasteiger partial charge in [0.25, 0.3) is 0 Å². The lowest BCUT2D eigenvalue weighted by atomic mass is 10.1. The first-order chi connectivity index (χ1) is 8.18. The second kappa shape index (κ2) is 4.93. The van der Waals surface area contributed by atoms with Crippen molar-refractivity contribution in [2.75, 3.05) is 12.3 Å². The molecule has 0 radical (unpaired) electrons. The van der Waals surface area contributed by atoms with E-state index in [0.717, 1.165) is 16.5 Å². The summed E-state index contributed by atoms with van der Waals surface area (Å²) in [6, 6.07) is 13.9. The van der Waals surface area contributed by atoms with Gasteiger partial charge in [-0.3, -0.25) is 4.57 Å². The van der Waals surface area contributed by atoms with E-state index < -0.39 is 7.37 Å². The Labute approximate surface area is 102 Å². The normalized spacial score (nSPS) is 11.6. The number of hydrogen-bond acceptors (Lipinski definition) is 2. The summed E-state index contributed by atoms with van der Waals surface area (Å²) in [6.07, 6.45) is 1.15. The van der Waals surface area contributed by atoms with Crippen molar-refractivity contribution < 1.29 is 9.09 Å². The minimum Gasteiger partial charge on any atom is -0.442 e. The second-order valence-corrected chi connectivity index (χ2v) is 7.09. The van der Waals surface area contributed by atoms with Crippen molar-refractivity contribution in [3.63, 3.8) is 0 Å². The molecule has 0 bridgehead atoms. The Hall–Kier alpha value is -1.27. The first kappa shape index (κ1) is 12.2. The van der Waals surface area contributed by atoms with Gasteiger partial charge in [-0.05, 0) is 11.5 Å². The molecule has 2 aromatic carbocycles. The molecule has 0 amide bonds. The Balaban J connectivity index is 2.46. The Bertz CT molecular complexity index is 550. The van der Waals surface area contributed by atoms with Gasteiger partial charge in [-0.15, -0.1) is 0 Å². The van der Waals surface area contributed by atoms with Crippen molar-refractivity contribution >= 4 is 18.1 Å². The van der Waals surface area contributed by atoms with E-state index in [1.54, 1.807) is 0 Å². The maximum absolute atomic E-state index is 12.3. The lowest BCUT2D eigenvalue weighted by Crippen LogP contribution is -1.98. The summed E-state index contributed by atoms with van der Waals surface area (Å²) in [5.41, 5.74) is 0. The highest BCUT2D eigenvalue weighted by Crippen LogP contribution is 2.47. The number of benzene rings is 2. The van der Waals surface area contributed by atoms with Gasteiger partial charge in [0.15, 0.2) is 0 Å². The van der Waals surface area contributed by atoms with Gasteiger partial charge in [0.1, 0.15) is 5.75 Å². The fourth-order valence-electron chi connectivity index (χ4n) is 1.81. The highest BCUT2D eigenvalue weighted by Gasteiger charge is 2.19. The van der Waals surface area contributed by atoms with Gasteiger partial charge in [0.05, 0.1) is 0 Å². The third-order valence-corrected chi connectivity index (χ3v) is 5.43. The van der Waals surface area contributed by atoms with E-state index in [1.807, 2.05) is 56.3 Å². The minimum atomic E-state index is -2.51. The fourth-order valence-corrected chi connectivity index (χ4v) is 3.03. The van der Waals surface area contributed by atoms with E-state index in [9.17, 15) is 4.57 Å². The standard InChI is InChI=1S/C14H17O2P/c1-3-17(15,4-2)16-14-11-7-9-12-8-5-6-10-13(12)14/h5-11H,3-4H2,1-2H3. The highest BCUT2D eigenvalue weighted by atomic mass is 31.2. The molecule has 0 aliphatic carbocycles. The van der Waals surface area contributed by atoms with Crippen molar-refractivity contribution in [2.45, 2.75) is 13.8 Å². The van der Waals surface area contributed by atoms with Crippen LogP contribution in [0.3, 0.4) is 0 Å². The van der Waals surface area contributed by atoms with Gasteiger partial charge in [0.2, 0.25) is 7.37 Å². The van der Waals surface area contributed by atoms with Crippen LogP contribution < -0.4 is 4.52 Å². The van der Waals surface area contributed by atoms with Gasteiger partial charge < -0.3 is 4.52 Å². The summed E-state index contributed by atoms with van der Waals surface area (Å²) in [7, 11) is -2.51. The molecule has 17 heavy (non-hydrogen) atoms. The molecule has 2 nitrogen and oxygen atoms in total. The molecule has 0 atom stereocenters. The molecule has 0 saturated carbocycles. The third-order valence-electron chi connectivity index (χ3n) is 2.98. The van der Waals surface area contributed by atoms with E-state index in [4.69, 9.17) is 4.52 Å². The predicted molar refractivity (Wildman–Crippen MR) is 73.3 cm³/mol. The zero-order chi connectivity index (χ0) is 12.3. The number of hydrogen-bond donors (Lipinski definition) is 0. The van der Waals surface area contributed by atoms with E-state index in [0.29, 0.717) is 12.3 Å². The number of rotatable bonds is 4. The second-order valence-electron chi connectivity index (χ2n) is 4.02. The molecule has 0 heterocycles. The SMILES string of the molecule is CCP(=O)(CC)Oc1cccc2ccccc12. The van der Waals surface area contributed by atoms with Crippen LogP contribution in [0.15, 0.2) is 42.5 Å². The molecule has 0 fully saturated rings. The monoisotopic (exact) mass is 248 g/mol. The van der Waals surface area contributed by atoms with Crippen LogP contribution in [0.25, 0.3) is 10.8 Å². The molecule has 2 rings (SSSR count). The Kier molecular flexibility index (Phi) is 3.54. The summed E-state index contributed by atoms with van der Waals surface area (Å²) in [6.45, 7) is 3.82. The summed E-state index contributed by atoms with van der Waals surface area (Å²) in [4.78, 5) is 0. The lowest BCUT2D eigenvalue weighted by Gasteiger charge is -2.17. The molecule has 0 saturated heterocycles. The first-order valence-corrected chi connectivity index (χ1v) is 7.93. The number of fused-ring (bicyclic) bond motifs is 1. The van der Waals surface area contributed by atoms with Crippen molar-refractivity contribution in [1.82, 2.24) is 0 Å². The Morgan fingerprint density at radius 3 is 2.35 bits per heavy atom. The molecular weight excluding hydrogens is 231 g/mol. The minimum absolute atomic E-state index is 0.576. The molecule has 0 aromatic heterocycles. The van der Waals surface area contributed by atoms with Gasteiger partial charge in [0, 0.05) is 17.7 Å². The quantitative estimate of drug-likeness (QED) is 0.743. The van der Waals surface area contributed by atoms with E-state index in [-0.39, 0.29) is 0 Å². The maximum Gasteiger partial charge on any atom is 0.247 e. The van der Waals surface area contributed by atoms with Crippen molar-refractivity contribution in [1.29, 1.82) is 0 Å². The molecule has 0 aliphatic rings. The van der Waals surface area contributed by atoms with Crippen LogP contribution in [-0.2, 0) is 4.57 Å². The Morgan fingerprint density at radius 2 is 1.65 bits per heavy atom. The molecule has 0 spiro atoms. The fraction of sp³-hybridized carbons (Fsp3) is 0.286. The average Bonchev–Trinajstić information content (AvgIpc) is 2.39. The smallest absolute Gasteiger partial charge is 0.247 e. The van der Waals surface area contributed by atoms with E-state index >= 15 is 0 Å². The van der Waals surface area contributed by atoms with Crippen LogP contribution in [0.5, 0.6) is 5.75 Å². The van der Waals surface area contributed by atoms with Crippen LogP contribution in [-0.4, -0.2) is 12.3 Å². The summed E-state index contributed by atoms with van der Waals surface area (Å²) in [5.74, 6) is 0.732. The molecule has 0 unspecified atom stereocenters. The molecule has 90 valence electrons. The summed E-state index contributed by atoms with van der Waals surface area (Å²) < 4.78 is 18.1. The first-order valence-electron chi connectivity index (χ1n) is 5.94. The maximum atomic E-state index is 12.3. The van der Waals surface area contributed by atoms with Crippen molar-refractivity contribution in [2.24, 2.45) is 0 Å². The highest BCUT2D eigenvalue weighted by molar-refractivity contribution is 7.59. The van der Waals surface area contributed by atoms with E-state index in [2.05, 4.69) is 0 Å². The largest absolute Gasteiger partial charge is 0.442 e. The van der Waals surface area contributed by atoms with E-state index in [1.165, 1.54) is 0 Å². The zero-order valence-corrected chi connectivity index (χ0v) is 11.1. The molecule has 0 aliphatic heterocycles. The topological polar surface area (TPSA) is 26.3 Å². The van der Waals surface area contributed by atoms with Crippen LogP contribution in [0.1, 0.15) is 13.8 Å². The zero-order valence-electron chi connectivity index (χ0n) is 10.2. The third kappa shape index (κ3) is 2.53. The molecule has 0 N–H and O–H groups in total. The predicted octanol–water partition coefficient (Wildman–Crippen LogP) is 4.54. The van der Waals surface area contributed by atoms with Crippen molar-refractivity contribution in [3.05, 3.63) is 42.5 Å². The van der Waals surface area contributed by atoms with Crippen LogP contribution >= 0.6 is 7.37 Å².